The molecule has 0 N–H and O–H groups in total. The van der Waals surface area contributed by atoms with E-state index in [4.69, 9.17) is 14.3 Å². The van der Waals surface area contributed by atoms with Gasteiger partial charge in [0.2, 0.25) is 0 Å². The predicted molar refractivity (Wildman–Crippen MR) is 93.4 cm³/mol. The van der Waals surface area contributed by atoms with Crippen LogP contribution >= 0.6 is 0 Å². The summed E-state index contributed by atoms with van der Waals surface area (Å²) in [6.45, 7) is 3.47. The van der Waals surface area contributed by atoms with Gasteiger partial charge < -0.3 is 14.3 Å². The fraction of sp³-hybridized carbons (Fsp3) is 0.250. The van der Waals surface area contributed by atoms with Crippen LogP contribution in [-0.2, 0) is 16.1 Å². The fourth-order valence-electron chi connectivity index (χ4n) is 3.22. The average Bonchev–Trinajstić information content (AvgIpc) is 3.08. The van der Waals surface area contributed by atoms with Gasteiger partial charge in [0.15, 0.2) is 18.1 Å². The number of benzene rings is 2. The molecule has 2 aromatic carbocycles. The summed E-state index contributed by atoms with van der Waals surface area (Å²) >= 11 is 0. The van der Waals surface area contributed by atoms with E-state index >= 15 is 0 Å². The van der Waals surface area contributed by atoms with E-state index in [1.54, 1.807) is 18.2 Å². The molecule has 2 aromatic rings. The van der Waals surface area contributed by atoms with Crippen molar-refractivity contribution in [2.75, 3.05) is 6.61 Å². The number of amides is 2. The van der Waals surface area contributed by atoms with Gasteiger partial charge in [-0.05, 0) is 32.0 Å². The number of para-hydroxylation sites is 1. The van der Waals surface area contributed by atoms with Gasteiger partial charge >= 0.3 is 5.97 Å². The number of ether oxygens (including phenoxy) is 2. The Hall–Kier alpha value is -3.35. The fourth-order valence-corrected chi connectivity index (χ4v) is 3.22. The van der Waals surface area contributed by atoms with Gasteiger partial charge in [-0.15, -0.1) is 0 Å². The van der Waals surface area contributed by atoms with Gasteiger partial charge in [-0.25, -0.2) is 4.79 Å². The van der Waals surface area contributed by atoms with Crippen molar-refractivity contribution in [3.63, 3.8) is 0 Å². The molecule has 0 aromatic heterocycles. The molecule has 0 bridgehead atoms. The summed E-state index contributed by atoms with van der Waals surface area (Å²) in [5, 5.41) is 0.464. The summed E-state index contributed by atoms with van der Waals surface area (Å²) in [6, 6.07) is 11.7. The molecule has 2 heterocycles. The summed E-state index contributed by atoms with van der Waals surface area (Å²) in [5.74, 6) is -1.20. The molecule has 0 unspecified atom stereocenters. The van der Waals surface area contributed by atoms with Crippen molar-refractivity contribution in [3.8, 4) is 11.5 Å². The zero-order valence-corrected chi connectivity index (χ0v) is 14.9. The minimum absolute atomic E-state index is 0.202. The molecule has 0 radical (unpaired) electrons. The molecule has 0 saturated carbocycles. The highest BCUT2D eigenvalue weighted by atomic mass is 16.7. The predicted octanol–water partition coefficient (Wildman–Crippen LogP) is 2.53. The molecule has 138 valence electrons. The number of hydrogen-bond acceptors (Lipinski definition) is 6. The van der Waals surface area contributed by atoms with Crippen LogP contribution in [0.3, 0.4) is 0 Å². The van der Waals surface area contributed by atoms with E-state index in [9.17, 15) is 14.4 Å². The average molecular weight is 367 g/mol. The monoisotopic (exact) mass is 367 g/mol. The second-order valence-corrected chi connectivity index (χ2v) is 6.99. The van der Waals surface area contributed by atoms with E-state index in [1.807, 2.05) is 26.0 Å². The van der Waals surface area contributed by atoms with Gasteiger partial charge in [0, 0.05) is 12.0 Å². The van der Waals surface area contributed by atoms with Crippen LogP contribution in [0.4, 0.5) is 0 Å². The van der Waals surface area contributed by atoms with Crippen LogP contribution in [0, 0.1) is 0 Å². The van der Waals surface area contributed by atoms with Crippen molar-refractivity contribution < 1.29 is 28.7 Å². The molecule has 27 heavy (non-hydrogen) atoms. The lowest BCUT2D eigenvalue weighted by molar-refractivity contribution is -0.170. The van der Waals surface area contributed by atoms with E-state index in [0.717, 1.165) is 12.0 Å². The van der Waals surface area contributed by atoms with Crippen LogP contribution < -0.4 is 9.47 Å². The largest absolute Gasteiger partial charge is 0.483 e. The smallest absolute Gasteiger partial charge is 0.370 e. The highest BCUT2D eigenvalue weighted by Gasteiger charge is 2.39. The Morgan fingerprint density at radius 1 is 1.07 bits per heavy atom. The number of carbonyl (C=O) groups excluding carboxylic acids is 3. The maximum absolute atomic E-state index is 12.2. The number of hydroxylamine groups is 2. The maximum Gasteiger partial charge on any atom is 0.370 e. The lowest BCUT2D eigenvalue weighted by atomic mass is 10.0. The molecule has 7 heteroatoms. The third kappa shape index (κ3) is 3.01. The van der Waals surface area contributed by atoms with Gasteiger partial charge in [0.25, 0.3) is 11.8 Å². The van der Waals surface area contributed by atoms with Gasteiger partial charge in [0.1, 0.15) is 5.60 Å². The molecule has 0 atom stereocenters. The van der Waals surface area contributed by atoms with Gasteiger partial charge in [0.05, 0.1) is 11.1 Å². The van der Waals surface area contributed by atoms with E-state index < -0.39 is 24.4 Å². The number of carbonyl (C=O) groups is 3. The quantitative estimate of drug-likeness (QED) is 0.773. The van der Waals surface area contributed by atoms with Gasteiger partial charge in [-0.1, -0.05) is 29.3 Å². The molecule has 0 saturated heterocycles. The standard InChI is InChI=1S/C20H17NO6/c1-20(2)10-12-6-5-9-15(17(12)26-20)25-11-16(22)27-21-18(23)13-7-3-4-8-14(13)19(21)24/h3-9H,10-11H2,1-2H3. The number of hydrogen-bond donors (Lipinski definition) is 0. The zero-order chi connectivity index (χ0) is 19.2. The summed E-state index contributed by atoms with van der Waals surface area (Å²) in [4.78, 5) is 41.5. The normalized spacial score (nSPS) is 16.6. The summed E-state index contributed by atoms with van der Waals surface area (Å²) in [6.07, 6.45) is 0.735. The van der Waals surface area contributed by atoms with Crippen molar-refractivity contribution in [2.45, 2.75) is 25.9 Å². The molecular weight excluding hydrogens is 350 g/mol. The molecule has 7 nitrogen and oxygen atoms in total. The Morgan fingerprint density at radius 2 is 1.74 bits per heavy atom. The number of rotatable bonds is 4. The van der Waals surface area contributed by atoms with Crippen LogP contribution in [0.15, 0.2) is 42.5 Å². The molecule has 0 fully saturated rings. The first kappa shape index (κ1) is 17.1. The van der Waals surface area contributed by atoms with Crippen molar-refractivity contribution in [2.24, 2.45) is 0 Å². The summed E-state index contributed by atoms with van der Waals surface area (Å²) < 4.78 is 11.4. The minimum Gasteiger partial charge on any atom is -0.483 e. The van der Waals surface area contributed by atoms with Crippen LogP contribution in [0.1, 0.15) is 40.1 Å². The van der Waals surface area contributed by atoms with Crippen LogP contribution in [-0.4, -0.2) is 35.1 Å². The Bertz CT molecular complexity index is 930. The highest BCUT2D eigenvalue weighted by molar-refractivity contribution is 6.20. The van der Waals surface area contributed by atoms with E-state index in [-0.39, 0.29) is 16.7 Å². The zero-order valence-electron chi connectivity index (χ0n) is 14.9. The molecule has 2 aliphatic heterocycles. The Balaban J connectivity index is 1.42. The minimum atomic E-state index is -0.862. The molecule has 2 amide bonds. The third-order valence-electron chi connectivity index (χ3n) is 4.35. The van der Waals surface area contributed by atoms with Crippen molar-refractivity contribution in [1.29, 1.82) is 0 Å². The van der Waals surface area contributed by atoms with Crippen molar-refractivity contribution >= 4 is 17.8 Å². The first-order valence-electron chi connectivity index (χ1n) is 8.48. The SMILES string of the molecule is CC1(C)Cc2cccc(OCC(=O)ON3C(=O)c4ccccc4C3=O)c2O1. The topological polar surface area (TPSA) is 82.1 Å². The molecule has 4 rings (SSSR count). The van der Waals surface area contributed by atoms with Gasteiger partial charge in [-0.2, -0.15) is 0 Å². The lowest BCUT2D eigenvalue weighted by Crippen LogP contribution is -2.34. The van der Waals surface area contributed by atoms with Crippen LogP contribution in [0.2, 0.25) is 0 Å². The van der Waals surface area contributed by atoms with E-state index in [1.165, 1.54) is 12.1 Å². The molecular formula is C20H17NO6. The summed E-state index contributed by atoms with van der Waals surface area (Å²) in [5.41, 5.74) is 1.05. The summed E-state index contributed by atoms with van der Waals surface area (Å²) in [7, 11) is 0. The maximum atomic E-state index is 12.2. The number of fused-ring (bicyclic) bond motifs is 2. The van der Waals surface area contributed by atoms with Crippen molar-refractivity contribution in [3.05, 3.63) is 59.2 Å². The Morgan fingerprint density at radius 3 is 2.41 bits per heavy atom. The van der Waals surface area contributed by atoms with Gasteiger partial charge in [-0.3, -0.25) is 9.59 Å². The Kier molecular flexibility index (Phi) is 3.87. The Labute approximate surface area is 155 Å². The lowest BCUT2D eigenvalue weighted by Gasteiger charge is -2.18. The second-order valence-electron chi connectivity index (χ2n) is 6.99. The van der Waals surface area contributed by atoms with E-state index in [2.05, 4.69) is 0 Å². The highest BCUT2D eigenvalue weighted by Crippen LogP contribution is 2.41. The van der Waals surface area contributed by atoms with Crippen LogP contribution in [0.25, 0.3) is 0 Å². The van der Waals surface area contributed by atoms with Crippen LogP contribution in [0.5, 0.6) is 11.5 Å². The first-order valence-corrected chi connectivity index (χ1v) is 8.48. The number of imide groups is 1. The van der Waals surface area contributed by atoms with E-state index in [0.29, 0.717) is 16.6 Å². The number of nitrogens with zero attached hydrogens (tertiary/aromatic N) is 1. The molecule has 0 aliphatic carbocycles. The molecule has 2 aliphatic rings. The third-order valence-corrected chi connectivity index (χ3v) is 4.35. The second kappa shape index (κ2) is 6.12. The molecule has 0 spiro atoms. The van der Waals surface area contributed by atoms with Crippen molar-refractivity contribution in [1.82, 2.24) is 5.06 Å². The first-order chi connectivity index (χ1) is 12.9.